The fourth-order valence-electron chi connectivity index (χ4n) is 4.30. The Hall–Kier alpha value is -3.62. The van der Waals surface area contributed by atoms with Gasteiger partial charge >= 0.3 is 0 Å². The molecule has 1 fully saturated rings. The Balaban J connectivity index is 1.28. The molecular formula is C27H22BrClN4O3. The minimum absolute atomic E-state index is 0.0225. The van der Waals surface area contributed by atoms with E-state index in [1.807, 2.05) is 23.1 Å². The summed E-state index contributed by atoms with van der Waals surface area (Å²) >= 11 is 9.60. The molecule has 2 aliphatic rings. The van der Waals surface area contributed by atoms with Gasteiger partial charge in [-0.05, 0) is 54.6 Å². The summed E-state index contributed by atoms with van der Waals surface area (Å²) in [6, 6.07) is 23.8. The van der Waals surface area contributed by atoms with Crippen LogP contribution in [0.1, 0.15) is 10.4 Å². The first kappa shape index (κ1) is 24.1. The molecule has 36 heavy (non-hydrogen) atoms. The predicted octanol–water partition coefficient (Wildman–Crippen LogP) is 4.85. The van der Waals surface area contributed by atoms with E-state index < -0.39 is 11.8 Å². The van der Waals surface area contributed by atoms with Crippen LogP contribution in [0, 0.1) is 0 Å². The number of hydrogen-bond acceptors (Lipinski definition) is 5. The summed E-state index contributed by atoms with van der Waals surface area (Å²) in [6.45, 7) is 2.71. The Morgan fingerprint density at radius 2 is 1.50 bits per heavy atom. The van der Waals surface area contributed by atoms with E-state index in [1.54, 1.807) is 48.5 Å². The van der Waals surface area contributed by atoms with E-state index in [4.69, 9.17) is 11.6 Å². The maximum Gasteiger partial charge on any atom is 0.283 e. The van der Waals surface area contributed by atoms with Crippen LogP contribution in [0.2, 0.25) is 0 Å². The average Bonchev–Trinajstić information content (AvgIpc) is 3.12. The quantitative estimate of drug-likeness (QED) is 0.448. The molecule has 3 amide bonds. The van der Waals surface area contributed by atoms with E-state index in [0.29, 0.717) is 30.0 Å². The number of para-hydroxylation sites is 1. The predicted molar refractivity (Wildman–Crippen MR) is 144 cm³/mol. The molecule has 0 radical (unpaired) electrons. The Labute approximate surface area is 222 Å². The van der Waals surface area contributed by atoms with Crippen LogP contribution in [0.5, 0.6) is 0 Å². The molecule has 0 atom stereocenters. The van der Waals surface area contributed by atoms with Gasteiger partial charge in [0.15, 0.2) is 0 Å². The second kappa shape index (κ2) is 10.2. The molecule has 5 rings (SSSR count). The fourth-order valence-corrected chi connectivity index (χ4v) is 4.78. The van der Waals surface area contributed by atoms with Crippen molar-refractivity contribution in [1.82, 2.24) is 4.90 Å². The first-order chi connectivity index (χ1) is 17.4. The Morgan fingerprint density at radius 3 is 2.19 bits per heavy atom. The Bertz CT molecular complexity index is 1350. The van der Waals surface area contributed by atoms with E-state index >= 15 is 0 Å². The van der Waals surface area contributed by atoms with Gasteiger partial charge in [0.2, 0.25) is 0 Å². The highest BCUT2D eigenvalue weighted by Gasteiger charge is 2.39. The van der Waals surface area contributed by atoms with Crippen molar-refractivity contribution in [3.63, 3.8) is 0 Å². The Morgan fingerprint density at radius 1 is 0.806 bits per heavy atom. The lowest BCUT2D eigenvalue weighted by Crippen LogP contribution is -2.48. The van der Waals surface area contributed by atoms with Gasteiger partial charge in [0.1, 0.15) is 10.7 Å². The van der Waals surface area contributed by atoms with Crippen molar-refractivity contribution in [2.75, 3.05) is 41.3 Å². The number of anilines is 3. The number of nitrogens with one attached hydrogen (secondary N) is 1. The molecule has 7 nitrogen and oxygen atoms in total. The van der Waals surface area contributed by atoms with Crippen molar-refractivity contribution in [3.05, 3.63) is 99.6 Å². The molecule has 0 aliphatic carbocycles. The second-order valence-electron chi connectivity index (χ2n) is 8.43. The van der Waals surface area contributed by atoms with Gasteiger partial charge in [-0.15, -0.1) is 0 Å². The lowest BCUT2D eigenvalue weighted by atomic mass is 10.1. The van der Waals surface area contributed by atoms with Gasteiger partial charge < -0.3 is 15.1 Å². The third-order valence-corrected chi connectivity index (χ3v) is 7.06. The highest BCUT2D eigenvalue weighted by Crippen LogP contribution is 2.31. The summed E-state index contributed by atoms with van der Waals surface area (Å²) in [5.41, 5.74) is 2.53. The minimum Gasteiger partial charge on any atom is -0.368 e. The number of benzene rings is 3. The lowest BCUT2D eigenvalue weighted by molar-refractivity contribution is -0.120. The number of nitrogens with zero attached hydrogens (tertiary/aromatic N) is 3. The van der Waals surface area contributed by atoms with E-state index in [-0.39, 0.29) is 16.6 Å². The summed E-state index contributed by atoms with van der Waals surface area (Å²) in [4.78, 5) is 44.0. The summed E-state index contributed by atoms with van der Waals surface area (Å²) in [6.07, 6.45) is 0. The number of piperazine rings is 1. The minimum atomic E-state index is -0.602. The highest BCUT2D eigenvalue weighted by molar-refractivity contribution is 9.10. The van der Waals surface area contributed by atoms with Crippen LogP contribution in [0.25, 0.3) is 0 Å². The third kappa shape index (κ3) is 4.74. The van der Waals surface area contributed by atoms with Crippen LogP contribution in [0.3, 0.4) is 0 Å². The van der Waals surface area contributed by atoms with Crippen LogP contribution < -0.4 is 15.1 Å². The number of amides is 3. The van der Waals surface area contributed by atoms with Crippen molar-refractivity contribution >= 4 is 62.3 Å². The molecule has 0 unspecified atom stereocenters. The molecule has 2 heterocycles. The standard InChI is InChI=1S/C27H22BrClN4O3/c28-19-9-11-22(12-10-19)33-26(35)23(29)24(27(33)36)30-20-6-4-5-18(17-20)25(34)32-15-13-31(14-16-32)21-7-2-1-3-8-21/h1-12,17,30H,13-16H2. The molecule has 2 aliphatic heterocycles. The number of imide groups is 1. The smallest absolute Gasteiger partial charge is 0.283 e. The Kier molecular flexibility index (Phi) is 6.80. The van der Waals surface area contributed by atoms with Gasteiger partial charge in [-0.2, -0.15) is 0 Å². The fraction of sp³-hybridized carbons (Fsp3) is 0.148. The van der Waals surface area contributed by atoms with Crippen LogP contribution in [0.4, 0.5) is 17.1 Å². The number of halogens is 2. The summed E-state index contributed by atoms with van der Waals surface area (Å²) < 4.78 is 0.825. The van der Waals surface area contributed by atoms with Gasteiger partial charge in [0.25, 0.3) is 17.7 Å². The molecule has 0 aromatic heterocycles. The van der Waals surface area contributed by atoms with Gasteiger partial charge in [-0.25, -0.2) is 4.90 Å². The molecule has 0 saturated carbocycles. The van der Waals surface area contributed by atoms with Crippen molar-refractivity contribution in [2.45, 2.75) is 0 Å². The zero-order valence-corrected chi connectivity index (χ0v) is 21.5. The van der Waals surface area contributed by atoms with Crippen LogP contribution in [0.15, 0.2) is 94.1 Å². The molecular weight excluding hydrogens is 544 g/mol. The monoisotopic (exact) mass is 564 g/mol. The lowest BCUT2D eigenvalue weighted by Gasteiger charge is -2.36. The number of carbonyl (C=O) groups excluding carboxylic acids is 3. The van der Waals surface area contributed by atoms with Gasteiger partial charge in [-0.3, -0.25) is 14.4 Å². The summed E-state index contributed by atoms with van der Waals surface area (Å²) in [7, 11) is 0. The third-order valence-electron chi connectivity index (χ3n) is 6.18. The first-order valence-electron chi connectivity index (χ1n) is 11.4. The molecule has 1 N–H and O–H groups in total. The molecule has 182 valence electrons. The first-order valence-corrected chi connectivity index (χ1v) is 12.6. The number of carbonyl (C=O) groups is 3. The zero-order chi connectivity index (χ0) is 25.2. The second-order valence-corrected chi connectivity index (χ2v) is 9.73. The SMILES string of the molecule is O=C(c1cccc(NC2=C(Cl)C(=O)N(c3ccc(Br)cc3)C2=O)c1)N1CCN(c2ccccc2)CC1. The largest absolute Gasteiger partial charge is 0.368 e. The number of hydrogen-bond donors (Lipinski definition) is 1. The molecule has 3 aromatic rings. The summed E-state index contributed by atoms with van der Waals surface area (Å²) in [5, 5.41) is 2.76. The van der Waals surface area contributed by atoms with Gasteiger partial charge in [-0.1, -0.05) is 51.8 Å². The van der Waals surface area contributed by atoms with Crippen molar-refractivity contribution in [1.29, 1.82) is 0 Å². The van der Waals surface area contributed by atoms with Crippen LogP contribution in [-0.4, -0.2) is 48.8 Å². The van der Waals surface area contributed by atoms with E-state index in [2.05, 4.69) is 38.3 Å². The molecule has 0 bridgehead atoms. The van der Waals surface area contributed by atoms with Crippen LogP contribution in [-0.2, 0) is 9.59 Å². The molecule has 1 saturated heterocycles. The van der Waals surface area contributed by atoms with E-state index in [1.165, 1.54) is 0 Å². The normalized spacial score (nSPS) is 16.1. The van der Waals surface area contributed by atoms with Gasteiger partial charge in [0.05, 0.1) is 5.69 Å². The van der Waals surface area contributed by atoms with E-state index in [0.717, 1.165) is 28.1 Å². The molecule has 9 heteroatoms. The summed E-state index contributed by atoms with van der Waals surface area (Å²) in [5.74, 6) is -1.24. The highest BCUT2D eigenvalue weighted by atomic mass is 79.9. The van der Waals surface area contributed by atoms with Crippen molar-refractivity contribution in [2.24, 2.45) is 0 Å². The molecule has 0 spiro atoms. The van der Waals surface area contributed by atoms with Crippen molar-refractivity contribution in [3.8, 4) is 0 Å². The zero-order valence-electron chi connectivity index (χ0n) is 19.2. The average molecular weight is 566 g/mol. The van der Waals surface area contributed by atoms with Crippen molar-refractivity contribution < 1.29 is 14.4 Å². The van der Waals surface area contributed by atoms with E-state index in [9.17, 15) is 14.4 Å². The van der Waals surface area contributed by atoms with Crippen LogP contribution >= 0.6 is 27.5 Å². The maximum atomic E-state index is 13.2. The number of rotatable bonds is 5. The topological polar surface area (TPSA) is 73.0 Å². The molecule has 3 aromatic carbocycles. The van der Waals surface area contributed by atoms with Gasteiger partial charge in [0, 0.05) is 47.6 Å². The maximum absolute atomic E-state index is 13.2.